The molecule has 0 saturated carbocycles. The van der Waals surface area contributed by atoms with Gasteiger partial charge in [-0.3, -0.25) is 19.5 Å². The number of carbonyl (C=O) groups excluding carboxylic acids is 2. The molecule has 2 aromatic carbocycles. The van der Waals surface area contributed by atoms with Gasteiger partial charge in [-0.05, 0) is 74.5 Å². The summed E-state index contributed by atoms with van der Waals surface area (Å²) in [5.41, 5.74) is 2.40. The van der Waals surface area contributed by atoms with Crippen LogP contribution in [0.4, 0.5) is 11.4 Å². The van der Waals surface area contributed by atoms with Crippen LogP contribution in [0.25, 0.3) is 5.76 Å². The molecule has 1 aliphatic rings. The number of ketones is 1. The van der Waals surface area contributed by atoms with Crippen LogP contribution >= 0.6 is 0 Å². The molecule has 34 heavy (non-hydrogen) atoms. The molecule has 0 radical (unpaired) electrons. The summed E-state index contributed by atoms with van der Waals surface area (Å²) in [6.07, 6.45) is 1.61. The molecule has 1 saturated heterocycles. The minimum atomic E-state index is -0.863. The molecule has 7 nitrogen and oxygen atoms in total. The molecule has 0 spiro atoms. The molecule has 1 aliphatic heterocycles. The van der Waals surface area contributed by atoms with E-state index in [1.54, 1.807) is 60.8 Å². The van der Waals surface area contributed by atoms with Gasteiger partial charge in [0.25, 0.3) is 11.7 Å². The van der Waals surface area contributed by atoms with Crippen molar-refractivity contribution >= 4 is 28.8 Å². The van der Waals surface area contributed by atoms with Crippen LogP contribution in [0.2, 0.25) is 0 Å². The molecule has 1 N–H and O–H groups in total. The summed E-state index contributed by atoms with van der Waals surface area (Å²) in [5.74, 6) is -1.08. The number of rotatable bonds is 6. The van der Waals surface area contributed by atoms with Crippen LogP contribution in [-0.4, -0.2) is 42.0 Å². The average molecular weight is 458 g/mol. The zero-order valence-corrected chi connectivity index (χ0v) is 19.6. The maximum atomic E-state index is 13.2. The van der Waals surface area contributed by atoms with Crippen LogP contribution in [0, 0.1) is 0 Å². The van der Waals surface area contributed by atoms with Crippen molar-refractivity contribution in [3.8, 4) is 5.75 Å². The highest BCUT2D eigenvalue weighted by Crippen LogP contribution is 2.41. The van der Waals surface area contributed by atoms with E-state index in [4.69, 9.17) is 4.74 Å². The number of aliphatic hydroxyl groups is 1. The zero-order valence-electron chi connectivity index (χ0n) is 19.6. The Labute approximate surface area is 198 Å². The molecule has 7 heteroatoms. The molecule has 3 aromatic rings. The Bertz CT molecular complexity index is 1220. The van der Waals surface area contributed by atoms with Crippen LogP contribution in [0.1, 0.15) is 31.1 Å². The Morgan fingerprint density at radius 2 is 1.68 bits per heavy atom. The summed E-state index contributed by atoms with van der Waals surface area (Å²) >= 11 is 0. The Morgan fingerprint density at radius 3 is 2.24 bits per heavy atom. The summed E-state index contributed by atoms with van der Waals surface area (Å²) in [6.45, 7) is 3.85. The van der Waals surface area contributed by atoms with Gasteiger partial charge in [0, 0.05) is 37.2 Å². The number of carbonyl (C=O) groups is 2. The van der Waals surface area contributed by atoms with E-state index < -0.39 is 17.7 Å². The first kappa shape index (κ1) is 23.0. The minimum Gasteiger partial charge on any atom is -0.507 e. The zero-order chi connectivity index (χ0) is 24.4. The summed E-state index contributed by atoms with van der Waals surface area (Å²) in [5, 5.41) is 11.2. The fourth-order valence-corrected chi connectivity index (χ4v) is 3.95. The third-order valence-electron chi connectivity index (χ3n) is 5.56. The molecule has 1 unspecified atom stereocenters. The van der Waals surface area contributed by atoms with E-state index in [0.717, 1.165) is 5.69 Å². The number of ether oxygens (including phenoxy) is 1. The normalized spacial score (nSPS) is 17.3. The van der Waals surface area contributed by atoms with Gasteiger partial charge in [0.15, 0.2) is 0 Å². The van der Waals surface area contributed by atoms with Crippen molar-refractivity contribution in [2.24, 2.45) is 0 Å². The highest BCUT2D eigenvalue weighted by atomic mass is 16.5. The Morgan fingerprint density at radius 1 is 1.00 bits per heavy atom. The predicted octanol–water partition coefficient (Wildman–Crippen LogP) is 4.56. The molecule has 174 valence electrons. The molecular formula is C27H27N3O4. The van der Waals surface area contributed by atoms with Gasteiger partial charge in [0.1, 0.15) is 17.6 Å². The number of Topliss-reactive ketones (excluding diaryl/α,β-unsaturated/α-hetero) is 1. The number of pyridine rings is 1. The minimum absolute atomic E-state index is 0.00193. The van der Waals surface area contributed by atoms with Gasteiger partial charge in [-0.25, -0.2) is 0 Å². The lowest BCUT2D eigenvalue weighted by atomic mass is 9.98. The molecule has 4 rings (SSSR count). The van der Waals surface area contributed by atoms with E-state index in [2.05, 4.69) is 4.98 Å². The molecule has 1 atom stereocenters. The number of nitrogens with zero attached hydrogens (tertiary/aromatic N) is 3. The van der Waals surface area contributed by atoms with Gasteiger partial charge in [-0.2, -0.15) is 0 Å². The van der Waals surface area contributed by atoms with Crippen molar-refractivity contribution in [1.82, 2.24) is 4.98 Å². The smallest absolute Gasteiger partial charge is 0.300 e. The number of aliphatic hydroxyl groups excluding tert-OH is 1. The first-order valence-electron chi connectivity index (χ1n) is 11.0. The number of anilines is 2. The molecule has 1 aromatic heterocycles. The van der Waals surface area contributed by atoms with Crippen LogP contribution in [-0.2, 0) is 9.59 Å². The van der Waals surface area contributed by atoms with E-state index in [0.29, 0.717) is 22.7 Å². The molecule has 1 fully saturated rings. The average Bonchev–Trinajstić information content (AvgIpc) is 3.10. The number of aromatic nitrogens is 1. The maximum Gasteiger partial charge on any atom is 0.300 e. The van der Waals surface area contributed by atoms with Gasteiger partial charge in [-0.1, -0.05) is 6.07 Å². The van der Waals surface area contributed by atoms with E-state index in [9.17, 15) is 14.7 Å². The number of benzene rings is 2. The molecule has 1 amide bonds. The van der Waals surface area contributed by atoms with Crippen molar-refractivity contribution in [1.29, 1.82) is 0 Å². The third kappa shape index (κ3) is 4.37. The quantitative estimate of drug-likeness (QED) is 0.332. The van der Waals surface area contributed by atoms with Gasteiger partial charge < -0.3 is 14.7 Å². The van der Waals surface area contributed by atoms with Crippen LogP contribution in [0.5, 0.6) is 5.75 Å². The monoisotopic (exact) mass is 457 g/mol. The van der Waals surface area contributed by atoms with Crippen molar-refractivity contribution in [3.63, 3.8) is 0 Å². The Hall–Kier alpha value is -4.13. The summed E-state index contributed by atoms with van der Waals surface area (Å²) in [6, 6.07) is 18.5. The lowest BCUT2D eigenvalue weighted by molar-refractivity contribution is -0.132. The highest BCUT2D eigenvalue weighted by molar-refractivity contribution is 6.51. The third-order valence-corrected chi connectivity index (χ3v) is 5.56. The summed E-state index contributed by atoms with van der Waals surface area (Å²) in [4.78, 5) is 34.2. The fraction of sp³-hybridized carbons (Fsp3) is 0.222. The van der Waals surface area contributed by atoms with Gasteiger partial charge in [0.2, 0.25) is 0 Å². The van der Waals surface area contributed by atoms with E-state index in [-0.39, 0.29) is 17.4 Å². The predicted molar refractivity (Wildman–Crippen MR) is 132 cm³/mol. The topological polar surface area (TPSA) is 83.0 Å². The van der Waals surface area contributed by atoms with Crippen LogP contribution < -0.4 is 14.5 Å². The number of amides is 1. The van der Waals surface area contributed by atoms with Crippen LogP contribution in [0.15, 0.2) is 78.5 Å². The molecule has 0 bridgehead atoms. The Kier molecular flexibility index (Phi) is 6.36. The van der Waals surface area contributed by atoms with E-state index >= 15 is 0 Å². The summed E-state index contributed by atoms with van der Waals surface area (Å²) in [7, 11) is 3.85. The van der Waals surface area contributed by atoms with Gasteiger partial charge in [0.05, 0.1) is 17.4 Å². The fourth-order valence-electron chi connectivity index (χ4n) is 3.95. The summed E-state index contributed by atoms with van der Waals surface area (Å²) < 4.78 is 5.66. The van der Waals surface area contributed by atoms with Crippen molar-refractivity contribution in [2.75, 3.05) is 23.9 Å². The van der Waals surface area contributed by atoms with Crippen molar-refractivity contribution in [3.05, 3.63) is 89.8 Å². The number of hydrogen-bond acceptors (Lipinski definition) is 6. The first-order chi connectivity index (χ1) is 16.3. The maximum absolute atomic E-state index is 13.2. The first-order valence-corrected chi connectivity index (χ1v) is 11.0. The molecular weight excluding hydrogens is 430 g/mol. The second-order valence-corrected chi connectivity index (χ2v) is 8.53. The molecule has 0 aliphatic carbocycles. The largest absolute Gasteiger partial charge is 0.507 e. The lowest BCUT2D eigenvalue weighted by Gasteiger charge is -2.25. The van der Waals surface area contributed by atoms with E-state index in [1.165, 1.54) is 4.90 Å². The standard InChI is InChI=1S/C27H27N3O4/c1-17(2)34-21-14-8-18(9-15-21)25(31)23-24(22-7-5-6-16-28-22)30(27(33)26(23)32)20-12-10-19(11-13-20)29(3)4/h5-17,24,31H,1-4H3/b25-23-. The van der Waals surface area contributed by atoms with Crippen molar-refractivity contribution < 1.29 is 19.4 Å². The highest BCUT2D eigenvalue weighted by Gasteiger charge is 2.47. The van der Waals surface area contributed by atoms with Crippen molar-refractivity contribution in [2.45, 2.75) is 26.0 Å². The lowest BCUT2D eigenvalue weighted by Crippen LogP contribution is -2.29. The second kappa shape index (κ2) is 9.39. The second-order valence-electron chi connectivity index (χ2n) is 8.53. The van der Waals surface area contributed by atoms with Gasteiger partial charge in [-0.15, -0.1) is 0 Å². The molecule has 2 heterocycles. The SMILES string of the molecule is CC(C)Oc1ccc(/C(O)=C2/C(=O)C(=O)N(c3ccc(N(C)C)cc3)C2c2ccccn2)cc1. The van der Waals surface area contributed by atoms with E-state index in [1.807, 2.05) is 45.0 Å². The number of hydrogen-bond donors (Lipinski definition) is 1. The van der Waals surface area contributed by atoms with Gasteiger partial charge >= 0.3 is 0 Å². The Balaban J connectivity index is 1.82. The van der Waals surface area contributed by atoms with Crippen LogP contribution in [0.3, 0.4) is 0 Å².